The van der Waals surface area contributed by atoms with Gasteiger partial charge in [0.1, 0.15) is 29.3 Å². The Morgan fingerprint density at radius 2 is 2.17 bits per heavy atom. The molecule has 1 N–H and O–H groups in total. The first-order valence-electron chi connectivity index (χ1n) is 7.40. The van der Waals surface area contributed by atoms with Gasteiger partial charge in [0.05, 0.1) is 17.7 Å². The van der Waals surface area contributed by atoms with E-state index in [1.807, 2.05) is 12.1 Å². The number of hydrogen-bond donors (Lipinski definition) is 1. The molecular weight excluding hydrogens is 297 g/mol. The second-order valence-corrected chi connectivity index (χ2v) is 5.05. The summed E-state index contributed by atoms with van der Waals surface area (Å²) in [6.45, 7) is 2.69. The minimum absolute atomic E-state index is 0.0165. The molecule has 1 aromatic carbocycles. The van der Waals surface area contributed by atoms with Crippen LogP contribution < -0.4 is 10.1 Å². The summed E-state index contributed by atoms with van der Waals surface area (Å²) >= 11 is 0. The van der Waals surface area contributed by atoms with Crippen molar-refractivity contribution in [3.05, 3.63) is 40.3 Å². The molecule has 1 heterocycles. The van der Waals surface area contributed by atoms with Crippen LogP contribution in [0, 0.1) is 28.5 Å². The second kappa shape index (κ2) is 7.42. The Labute approximate surface area is 134 Å². The van der Waals surface area contributed by atoms with E-state index in [1.165, 1.54) is 6.07 Å². The van der Waals surface area contributed by atoms with E-state index in [0.29, 0.717) is 18.7 Å². The highest BCUT2D eigenvalue weighted by Crippen LogP contribution is 2.26. The van der Waals surface area contributed by atoms with Crippen molar-refractivity contribution in [2.75, 3.05) is 13.2 Å². The number of benzene rings is 1. The van der Waals surface area contributed by atoms with Crippen LogP contribution >= 0.6 is 0 Å². The van der Waals surface area contributed by atoms with Crippen LogP contribution in [-0.2, 0) is 0 Å². The monoisotopic (exact) mass is 313 g/mol. The van der Waals surface area contributed by atoms with Gasteiger partial charge in [-0.3, -0.25) is 4.79 Å². The van der Waals surface area contributed by atoms with Gasteiger partial charge in [-0.1, -0.05) is 0 Å². The van der Waals surface area contributed by atoms with Crippen molar-refractivity contribution in [2.24, 2.45) is 0 Å². The fourth-order valence-corrected chi connectivity index (χ4v) is 2.45. The molecule has 118 valence electrons. The second-order valence-electron chi connectivity index (χ2n) is 5.05. The molecular formula is C17H16FN3O2. The molecule has 6 heteroatoms. The maximum atomic E-state index is 14.2. The van der Waals surface area contributed by atoms with E-state index >= 15 is 0 Å². The third-order valence-electron chi connectivity index (χ3n) is 3.57. The molecule has 0 aliphatic carbocycles. The third-order valence-corrected chi connectivity index (χ3v) is 3.57. The molecule has 1 aromatic rings. The quantitative estimate of drug-likeness (QED) is 0.525. The van der Waals surface area contributed by atoms with Gasteiger partial charge in [0, 0.05) is 12.2 Å². The molecule has 1 aliphatic heterocycles. The number of ketones is 1. The summed E-state index contributed by atoms with van der Waals surface area (Å²) in [5, 5.41) is 21.3. The normalized spacial score (nSPS) is 15.8. The van der Waals surface area contributed by atoms with E-state index in [1.54, 1.807) is 6.92 Å². The van der Waals surface area contributed by atoms with Crippen molar-refractivity contribution in [1.29, 1.82) is 10.5 Å². The molecule has 0 spiro atoms. The summed E-state index contributed by atoms with van der Waals surface area (Å²) in [6, 6.07) is 5.86. The number of nitriles is 2. The Kier molecular flexibility index (Phi) is 5.32. The predicted octanol–water partition coefficient (Wildman–Crippen LogP) is 2.83. The minimum atomic E-state index is -0.834. The average molecular weight is 313 g/mol. The van der Waals surface area contributed by atoms with Crippen LogP contribution in [0.25, 0.3) is 0 Å². The van der Waals surface area contributed by atoms with Crippen molar-refractivity contribution >= 4 is 5.78 Å². The molecule has 0 saturated carbocycles. The highest BCUT2D eigenvalue weighted by Gasteiger charge is 2.23. The zero-order chi connectivity index (χ0) is 16.8. The van der Waals surface area contributed by atoms with Crippen LogP contribution in [0.5, 0.6) is 5.75 Å². The zero-order valence-electron chi connectivity index (χ0n) is 12.8. The van der Waals surface area contributed by atoms with Gasteiger partial charge in [0.2, 0.25) is 5.78 Å². The number of allylic oxidation sites excluding steroid dienone is 2. The van der Waals surface area contributed by atoms with Crippen molar-refractivity contribution in [2.45, 2.75) is 26.2 Å². The van der Waals surface area contributed by atoms with Gasteiger partial charge < -0.3 is 10.1 Å². The Balaban J connectivity index is 2.48. The first-order valence-corrected chi connectivity index (χ1v) is 7.40. The first kappa shape index (κ1) is 16.5. The summed E-state index contributed by atoms with van der Waals surface area (Å²) in [4.78, 5) is 12.6. The standard InChI is InChI=1S/C17H16FN3O2/c1-2-23-16-8-12(14(18)7-11(16)9-19)17(22)13(10-20)15-5-3-4-6-21-15/h7-8,21H,2-6H2,1H3/b15-13-. The molecule has 0 aromatic heterocycles. The number of nitrogens with zero attached hydrogens (tertiary/aromatic N) is 2. The summed E-state index contributed by atoms with van der Waals surface area (Å²) in [5.41, 5.74) is 0.216. The number of carbonyl (C=O) groups is 1. The Morgan fingerprint density at radius 1 is 1.39 bits per heavy atom. The van der Waals surface area contributed by atoms with Crippen molar-refractivity contribution in [3.8, 4) is 17.9 Å². The number of ether oxygens (including phenoxy) is 1. The summed E-state index contributed by atoms with van der Waals surface area (Å²) < 4.78 is 19.5. The number of Topliss-reactive ketones (excluding diaryl/α,β-unsaturated/α-hetero) is 1. The molecule has 0 bridgehead atoms. The van der Waals surface area contributed by atoms with E-state index < -0.39 is 11.6 Å². The van der Waals surface area contributed by atoms with Gasteiger partial charge >= 0.3 is 0 Å². The van der Waals surface area contributed by atoms with E-state index in [-0.39, 0.29) is 29.1 Å². The molecule has 0 amide bonds. The molecule has 5 nitrogen and oxygen atoms in total. The average Bonchev–Trinajstić information content (AvgIpc) is 2.57. The van der Waals surface area contributed by atoms with E-state index in [0.717, 1.165) is 18.9 Å². The lowest BCUT2D eigenvalue weighted by molar-refractivity contribution is 0.103. The van der Waals surface area contributed by atoms with Gasteiger partial charge in [0.25, 0.3) is 0 Å². The van der Waals surface area contributed by atoms with Crippen molar-refractivity contribution in [3.63, 3.8) is 0 Å². The number of nitrogens with one attached hydrogen (secondary N) is 1. The molecule has 1 saturated heterocycles. The van der Waals surface area contributed by atoms with Gasteiger partial charge in [-0.25, -0.2) is 4.39 Å². The lowest BCUT2D eigenvalue weighted by atomic mass is 9.97. The zero-order valence-corrected chi connectivity index (χ0v) is 12.8. The van der Waals surface area contributed by atoms with Crippen LogP contribution in [-0.4, -0.2) is 18.9 Å². The number of rotatable bonds is 4. The van der Waals surface area contributed by atoms with E-state index in [4.69, 9.17) is 10.00 Å². The molecule has 0 atom stereocenters. The number of hydrogen-bond acceptors (Lipinski definition) is 5. The van der Waals surface area contributed by atoms with Crippen LogP contribution in [0.4, 0.5) is 4.39 Å². The molecule has 0 radical (unpaired) electrons. The number of halogens is 1. The number of carbonyl (C=O) groups excluding carboxylic acids is 1. The Morgan fingerprint density at radius 3 is 2.74 bits per heavy atom. The molecule has 0 unspecified atom stereocenters. The lowest BCUT2D eigenvalue weighted by Gasteiger charge is -2.18. The van der Waals surface area contributed by atoms with Gasteiger partial charge in [-0.2, -0.15) is 10.5 Å². The Bertz CT molecular complexity index is 733. The number of piperidine rings is 1. The molecule has 1 aliphatic rings. The fourth-order valence-electron chi connectivity index (χ4n) is 2.45. The van der Waals surface area contributed by atoms with Gasteiger partial charge in [0.15, 0.2) is 0 Å². The van der Waals surface area contributed by atoms with Crippen LogP contribution in [0.3, 0.4) is 0 Å². The predicted molar refractivity (Wildman–Crippen MR) is 81.1 cm³/mol. The van der Waals surface area contributed by atoms with Crippen molar-refractivity contribution < 1.29 is 13.9 Å². The minimum Gasteiger partial charge on any atom is -0.492 e. The SMILES string of the molecule is CCOc1cc(C(=O)/C(C#N)=C2/CCCCN2)c(F)cc1C#N. The van der Waals surface area contributed by atoms with Crippen LogP contribution in [0.2, 0.25) is 0 Å². The topological polar surface area (TPSA) is 85.9 Å². The van der Waals surface area contributed by atoms with Gasteiger partial charge in [-0.05, 0) is 38.3 Å². The highest BCUT2D eigenvalue weighted by atomic mass is 19.1. The van der Waals surface area contributed by atoms with Gasteiger partial charge in [-0.15, -0.1) is 0 Å². The maximum absolute atomic E-state index is 14.2. The fraction of sp³-hybridized carbons (Fsp3) is 0.353. The molecule has 2 rings (SSSR count). The molecule has 23 heavy (non-hydrogen) atoms. The third kappa shape index (κ3) is 3.49. The van der Waals surface area contributed by atoms with Crippen LogP contribution in [0.1, 0.15) is 42.1 Å². The Hall–Kier alpha value is -2.86. The first-order chi connectivity index (χ1) is 11.1. The largest absolute Gasteiger partial charge is 0.492 e. The van der Waals surface area contributed by atoms with Crippen LogP contribution in [0.15, 0.2) is 23.4 Å². The summed E-state index contributed by atoms with van der Waals surface area (Å²) in [6.07, 6.45) is 2.43. The highest BCUT2D eigenvalue weighted by molar-refractivity contribution is 6.12. The lowest BCUT2D eigenvalue weighted by Crippen LogP contribution is -2.23. The molecule has 1 fully saturated rings. The van der Waals surface area contributed by atoms with E-state index in [2.05, 4.69) is 5.32 Å². The van der Waals surface area contributed by atoms with E-state index in [9.17, 15) is 14.4 Å². The van der Waals surface area contributed by atoms with Crippen molar-refractivity contribution in [1.82, 2.24) is 5.32 Å². The summed E-state index contributed by atoms with van der Waals surface area (Å²) in [7, 11) is 0. The summed E-state index contributed by atoms with van der Waals surface area (Å²) in [5.74, 6) is -1.39. The smallest absolute Gasteiger partial charge is 0.208 e. The maximum Gasteiger partial charge on any atom is 0.208 e.